The van der Waals surface area contributed by atoms with Crippen LogP contribution in [0.15, 0.2) is 23.0 Å². The van der Waals surface area contributed by atoms with Crippen LogP contribution in [0.2, 0.25) is 10.0 Å². The zero-order valence-corrected chi connectivity index (χ0v) is 16.1. The number of carbonyl (C=O) groups is 1. The summed E-state index contributed by atoms with van der Waals surface area (Å²) in [4.78, 5) is 31.4. The number of nitrogens with one attached hydrogen (secondary N) is 1. The standard InChI is InChI=1S/C17H15Cl2N3O2S/c1-8-9(2)25-16-15(8)17(24)22(10(3)20-16)7-14(23)21-13-5-11(18)4-12(19)6-13/h4-6H,7H2,1-3H3,(H,21,23). The zero-order chi connectivity index (χ0) is 18.3. The molecule has 1 amide bonds. The fourth-order valence-electron chi connectivity index (χ4n) is 2.59. The lowest BCUT2D eigenvalue weighted by molar-refractivity contribution is -0.116. The topological polar surface area (TPSA) is 64.0 Å². The van der Waals surface area contributed by atoms with Crippen LogP contribution in [0, 0.1) is 20.8 Å². The molecule has 2 heterocycles. The van der Waals surface area contributed by atoms with Crippen LogP contribution in [0.3, 0.4) is 0 Å². The van der Waals surface area contributed by atoms with Gasteiger partial charge in [0, 0.05) is 20.6 Å². The number of nitrogens with zero attached hydrogens (tertiary/aromatic N) is 2. The minimum absolute atomic E-state index is 0.133. The van der Waals surface area contributed by atoms with Gasteiger partial charge in [-0.3, -0.25) is 14.2 Å². The summed E-state index contributed by atoms with van der Waals surface area (Å²) in [5.41, 5.74) is 1.18. The minimum Gasteiger partial charge on any atom is -0.324 e. The Hall–Kier alpha value is -1.89. The lowest BCUT2D eigenvalue weighted by Gasteiger charge is -2.11. The van der Waals surface area contributed by atoms with E-state index in [0.717, 1.165) is 10.4 Å². The van der Waals surface area contributed by atoms with Crippen LogP contribution in [0.25, 0.3) is 10.2 Å². The van der Waals surface area contributed by atoms with E-state index >= 15 is 0 Å². The van der Waals surface area contributed by atoms with Gasteiger partial charge in [-0.25, -0.2) is 4.98 Å². The van der Waals surface area contributed by atoms with Gasteiger partial charge in [-0.1, -0.05) is 23.2 Å². The Balaban J connectivity index is 1.93. The summed E-state index contributed by atoms with van der Waals surface area (Å²) in [5.74, 6) is 0.146. The first kappa shape index (κ1) is 17.9. The third kappa shape index (κ3) is 3.56. The number of hydrogen-bond donors (Lipinski definition) is 1. The summed E-state index contributed by atoms with van der Waals surface area (Å²) in [6, 6.07) is 4.76. The average Bonchev–Trinajstić information content (AvgIpc) is 2.77. The maximum atomic E-state index is 12.8. The van der Waals surface area contributed by atoms with Crippen LogP contribution in [-0.2, 0) is 11.3 Å². The van der Waals surface area contributed by atoms with Crippen molar-refractivity contribution in [2.75, 3.05) is 5.32 Å². The minimum atomic E-state index is -0.353. The molecule has 0 saturated heterocycles. The molecular weight excluding hydrogens is 381 g/mol. The number of carbonyl (C=O) groups excluding carboxylic acids is 1. The molecule has 0 atom stereocenters. The van der Waals surface area contributed by atoms with Gasteiger partial charge in [0.25, 0.3) is 5.56 Å². The van der Waals surface area contributed by atoms with Crippen molar-refractivity contribution in [1.29, 1.82) is 0 Å². The highest BCUT2D eigenvalue weighted by molar-refractivity contribution is 7.18. The van der Waals surface area contributed by atoms with Gasteiger partial charge in [-0.05, 0) is 44.5 Å². The first-order valence-electron chi connectivity index (χ1n) is 7.49. The second-order valence-corrected chi connectivity index (χ2v) is 7.80. The number of amides is 1. The van der Waals surface area contributed by atoms with Gasteiger partial charge < -0.3 is 5.32 Å². The molecular formula is C17H15Cl2N3O2S. The summed E-state index contributed by atoms with van der Waals surface area (Å²) in [5, 5.41) is 4.12. The van der Waals surface area contributed by atoms with Crippen LogP contribution in [0.4, 0.5) is 5.69 Å². The molecule has 1 aromatic carbocycles. The first-order chi connectivity index (χ1) is 11.8. The second kappa shape index (κ2) is 6.78. The molecule has 0 saturated carbocycles. The van der Waals surface area contributed by atoms with Gasteiger partial charge in [-0.15, -0.1) is 11.3 Å². The number of anilines is 1. The van der Waals surface area contributed by atoms with E-state index in [1.807, 2.05) is 13.8 Å². The van der Waals surface area contributed by atoms with E-state index in [1.165, 1.54) is 15.9 Å². The molecule has 0 aliphatic carbocycles. The molecule has 25 heavy (non-hydrogen) atoms. The van der Waals surface area contributed by atoms with Gasteiger partial charge in [-0.2, -0.15) is 0 Å². The quantitative estimate of drug-likeness (QED) is 0.717. The fourth-order valence-corrected chi connectivity index (χ4v) is 4.18. The Bertz CT molecular complexity index is 1040. The molecule has 0 bridgehead atoms. The van der Waals surface area contributed by atoms with Gasteiger partial charge in [0.05, 0.1) is 5.39 Å². The molecule has 130 valence electrons. The van der Waals surface area contributed by atoms with E-state index in [1.54, 1.807) is 25.1 Å². The zero-order valence-electron chi connectivity index (χ0n) is 13.8. The Morgan fingerprint density at radius 3 is 2.48 bits per heavy atom. The number of halogens is 2. The normalized spacial score (nSPS) is 11.1. The van der Waals surface area contributed by atoms with Crippen LogP contribution < -0.4 is 10.9 Å². The third-order valence-electron chi connectivity index (χ3n) is 3.93. The van der Waals surface area contributed by atoms with Crippen LogP contribution in [0.5, 0.6) is 0 Å². The van der Waals surface area contributed by atoms with Gasteiger partial charge in [0.1, 0.15) is 17.2 Å². The molecule has 5 nitrogen and oxygen atoms in total. The van der Waals surface area contributed by atoms with E-state index in [0.29, 0.717) is 31.8 Å². The monoisotopic (exact) mass is 395 g/mol. The predicted molar refractivity (Wildman–Crippen MR) is 103 cm³/mol. The highest BCUT2D eigenvalue weighted by Crippen LogP contribution is 2.26. The van der Waals surface area contributed by atoms with Crippen LogP contribution in [0.1, 0.15) is 16.3 Å². The number of benzene rings is 1. The maximum Gasteiger partial charge on any atom is 0.263 e. The van der Waals surface area contributed by atoms with Crippen molar-refractivity contribution < 1.29 is 4.79 Å². The third-order valence-corrected chi connectivity index (χ3v) is 5.47. The number of rotatable bonds is 3. The SMILES string of the molecule is Cc1sc2nc(C)n(CC(=O)Nc3cc(Cl)cc(Cl)c3)c(=O)c2c1C. The fraction of sp³-hybridized carbons (Fsp3) is 0.235. The summed E-state index contributed by atoms with van der Waals surface area (Å²) in [6.45, 7) is 5.43. The van der Waals surface area contributed by atoms with Gasteiger partial charge >= 0.3 is 0 Å². The van der Waals surface area contributed by atoms with E-state index in [-0.39, 0.29) is 18.0 Å². The molecule has 1 N–H and O–H groups in total. The average molecular weight is 396 g/mol. The molecule has 8 heteroatoms. The smallest absolute Gasteiger partial charge is 0.263 e. The summed E-state index contributed by atoms with van der Waals surface area (Å²) < 4.78 is 1.38. The van der Waals surface area contributed by atoms with Crippen molar-refractivity contribution in [2.45, 2.75) is 27.3 Å². The summed E-state index contributed by atoms with van der Waals surface area (Å²) in [7, 11) is 0. The highest BCUT2D eigenvalue weighted by Gasteiger charge is 2.16. The maximum absolute atomic E-state index is 12.8. The first-order valence-corrected chi connectivity index (χ1v) is 9.06. The molecule has 3 aromatic rings. The largest absolute Gasteiger partial charge is 0.324 e. The summed E-state index contributed by atoms with van der Waals surface area (Å²) >= 11 is 13.3. The Labute approximate surface area is 158 Å². The molecule has 0 aliphatic heterocycles. The molecule has 0 spiro atoms. The van der Waals surface area contributed by atoms with Crippen LogP contribution in [-0.4, -0.2) is 15.5 Å². The van der Waals surface area contributed by atoms with E-state index in [4.69, 9.17) is 23.2 Å². The van der Waals surface area contributed by atoms with Crippen molar-refractivity contribution >= 4 is 56.3 Å². The van der Waals surface area contributed by atoms with Crippen molar-refractivity contribution in [2.24, 2.45) is 0 Å². The van der Waals surface area contributed by atoms with Crippen molar-refractivity contribution in [1.82, 2.24) is 9.55 Å². The van der Waals surface area contributed by atoms with Gasteiger partial charge in [0.2, 0.25) is 5.91 Å². The van der Waals surface area contributed by atoms with Crippen molar-refractivity contribution in [3.8, 4) is 0 Å². The second-order valence-electron chi connectivity index (χ2n) is 5.72. The molecule has 3 rings (SSSR count). The lowest BCUT2D eigenvalue weighted by Crippen LogP contribution is -2.30. The molecule has 2 aromatic heterocycles. The number of aryl methyl sites for hydroxylation is 3. The number of thiophene rings is 1. The Morgan fingerprint density at radius 2 is 1.84 bits per heavy atom. The lowest BCUT2D eigenvalue weighted by atomic mass is 10.2. The molecule has 0 fully saturated rings. The highest BCUT2D eigenvalue weighted by atomic mass is 35.5. The molecule has 0 aliphatic rings. The van der Waals surface area contributed by atoms with Gasteiger partial charge in [0.15, 0.2) is 0 Å². The van der Waals surface area contributed by atoms with E-state index in [9.17, 15) is 9.59 Å². The molecule has 0 unspecified atom stereocenters. The van der Waals surface area contributed by atoms with Crippen LogP contribution >= 0.6 is 34.5 Å². The number of aromatic nitrogens is 2. The van der Waals surface area contributed by atoms with E-state index in [2.05, 4.69) is 10.3 Å². The summed E-state index contributed by atoms with van der Waals surface area (Å²) in [6.07, 6.45) is 0. The number of fused-ring (bicyclic) bond motifs is 1. The van der Waals surface area contributed by atoms with Crippen molar-refractivity contribution in [3.05, 3.63) is 54.9 Å². The Morgan fingerprint density at radius 1 is 1.20 bits per heavy atom. The van der Waals surface area contributed by atoms with Crippen molar-refractivity contribution in [3.63, 3.8) is 0 Å². The molecule has 0 radical (unpaired) electrons. The van der Waals surface area contributed by atoms with E-state index < -0.39 is 0 Å². The Kier molecular flexibility index (Phi) is 4.86. The predicted octanol–water partition coefficient (Wildman–Crippen LogP) is 4.33. The number of hydrogen-bond acceptors (Lipinski definition) is 4.